The van der Waals surface area contributed by atoms with Gasteiger partial charge in [0.25, 0.3) is 0 Å². The maximum Gasteiger partial charge on any atom is 0.228 e. The van der Waals surface area contributed by atoms with Crippen molar-refractivity contribution in [3.63, 3.8) is 0 Å². The van der Waals surface area contributed by atoms with E-state index in [1.54, 1.807) is 6.20 Å². The van der Waals surface area contributed by atoms with E-state index >= 15 is 0 Å². The number of para-hydroxylation sites is 1. The Kier molecular flexibility index (Phi) is 5.66. The fraction of sp³-hybridized carbons (Fsp3) is 0.400. The normalized spacial score (nSPS) is 15.0. The van der Waals surface area contributed by atoms with Crippen LogP contribution in [0.1, 0.15) is 30.9 Å². The molecule has 1 aromatic heterocycles. The molecule has 1 aromatic carbocycles. The lowest BCUT2D eigenvalue weighted by molar-refractivity contribution is -0.122. The van der Waals surface area contributed by atoms with Crippen LogP contribution in [0.4, 0.5) is 17.2 Å². The van der Waals surface area contributed by atoms with Crippen LogP contribution in [0, 0.1) is 12.8 Å². The molecule has 0 saturated carbocycles. The zero-order chi connectivity index (χ0) is 17.6. The van der Waals surface area contributed by atoms with Crippen LogP contribution < -0.4 is 10.6 Å². The van der Waals surface area contributed by atoms with Gasteiger partial charge in [0.1, 0.15) is 5.82 Å². The molecule has 132 valence electrons. The van der Waals surface area contributed by atoms with E-state index in [0.29, 0.717) is 19.0 Å². The molecule has 1 aliphatic heterocycles. The summed E-state index contributed by atoms with van der Waals surface area (Å²) in [5, 5.41) is 6.35. The number of rotatable bonds is 5. The van der Waals surface area contributed by atoms with Crippen LogP contribution >= 0.6 is 0 Å². The summed E-state index contributed by atoms with van der Waals surface area (Å²) in [6, 6.07) is 10.1. The van der Waals surface area contributed by atoms with Gasteiger partial charge < -0.3 is 15.4 Å². The second-order valence-electron chi connectivity index (χ2n) is 6.40. The standard InChI is InChI=1S/C20H25N3O2/c1-3-15-6-4-5-14(2)19(15)22-17-7-8-18(21-13-17)23-20(24)16-9-11-25-12-10-16/h4-8,13,16,22H,3,9-12H2,1-2H3,(H,21,23,24). The van der Waals surface area contributed by atoms with Crippen LogP contribution in [0.3, 0.4) is 0 Å². The van der Waals surface area contributed by atoms with Gasteiger partial charge in [-0.15, -0.1) is 0 Å². The topological polar surface area (TPSA) is 63.2 Å². The zero-order valence-electron chi connectivity index (χ0n) is 14.8. The van der Waals surface area contributed by atoms with Gasteiger partial charge >= 0.3 is 0 Å². The van der Waals surface area contributed by atoms with Crippen molar-refractivity contribution in [1.82, 2.24) is 4.98 Å². The van der Waals surface area contributed by atoms with Crippen molar-refractivity contribution in [3.05, 3.63) is 47.7 Å². The molecule has 2 heterocycles. The van der Waals surface area contributed by atoms with Crippen LogP contribution in [0.5, 0.6) is 0 Å². The highest BCUT2D eigenvalue weighted by molar-refractivity contribution is 5.91. The molecule has 0 unspecified atom stereocenters. The van der Waals surface area contributed by atoms with Crippen LogP contribution in [-0.4, -0.2) is 24.1 Å². The predicted octanol–water partition coefficient (Wildman–Crippen LogP) is 4.06. The number of carbonyl (C=O) groups excluding carboxylic acids is 1. The number of aromatic nitrogens is 1. The van der Waals surface area contributed by atoms with Gasteiger partial charge in [-0.3, -0.25) is 4.79 Å². The van der Waals surface area contributed by atoms with Crippen molar-refractivity contribution in [3.8, 4) is 0 Å². The molecule has 1 saturated heterocycles. The Balaban J connectivity index is 1.65. The summed E-state index contributed by atoms with van der Waals surface area (Å²) in [7, 11) is 0. The van der Waals surface area contributed by atoms with Gasteiger partial charge in [-0.1, -0.05) is 25.1 Å². The molecular weight excluding hydrogens is 314 g/mol. The lowest BCUT2D eigenvalue weighted by Gasteiger charge is -2.21. The molecule has 1 aliphatic rings. The summed E-state index contributed by atoms with van der Waals surface area (Å²) < 4.78 is 5.30. The number of amides is 1. The number of nitrogens with zero attached hydrogens (tertiary/aromatic N) is 1. The highest BCUT2D eigenvalue weighted by Crippen LogP contribution is 2.25. The summed E-state index contributed by atoms with van der Waals surface area (Å²) in [5.41, 5.74) is 4.52. The summed E-state index contributed by atoms with van der Waals surface area (Å²) in [5.74, 6) is 0.638. The van der Waals surface area contributed by atoms with E-state index in [2.05, 4.69) is 47.7 Å². The molecule has 1 fully saturated rings. The fourth-order valence-corrected chi connectivity index (χ4v) is 3.08. The lowest BCUT2D eigenvalue weighted by atomic mass is 9.99. The van der Waals surface area contributed by atoms with Crippen molar-refractivity contribution < 1.29 is 9.53 Å². The van der Waals surface area contributed by atoms with E-state index < -0.39 is 0 Å². The number of aryl methyl sites for hydroxylation is 2. The first-order valence-corrected chi connectivity index (χ1v) is 8.87. The molecular formula is C20H25N3O2. The second-order valence-corrected chi connectivity index (χ2v) is 6.40. The van der Waals surface area contributed by atoms with Crippen LogP contribution in [-0.2, 0) is 16.0 Å². The number of hydrogen-bond donors (Lipinski definition) is 2. The third-order valence-electron chi connectivity index (χ3n) is 4.62. The van der Waals surface area contributed by atoms with Gasteiger partial charge in [-0.05, 0) is 49.4 Å². The summed E-state index contributed by atoms with van der Waals surface area (Å²) in [4.78, 5) is 16.6. The first-order chi connectivity index (χ1) is 12.2. The number of carbonyl (C=O) groups is 1. The average molecular weight is 339 g/mol. The molecule has 1 amide bonds. The van der Waals surface area contributed by atoms with E-state index in [0.717, 1.165) is 30.6 Å². The van der Waals surface area contributed by atoms with Crippen LogP contribution in [0.25, 0.3) is 0 Å². The highest BCUT2D eigenvalue weighted by Gasteiger charge is 2.21. The first kappa shape index (κ1) is 17.4. The van der Waals surface area contributed by atoms with Gasteiger partial charge in [-0.2, -0.15) is 0 Å². The Bertz CT molecular complexity index is 722. The molecule has 0 bridgehead atoms. The van der Waals surface area contributed by atoms with E-state index in [1.165, 1.54) is 11.1 Å². The summed E-state index contributed by atoms with van der Waals surface area (Å²) >= 11 is 0. The Morgan fingerprint density at radius 1 is 1.24 bits per heavy atom. The quantitative estimate of drug-likeness (QED) is 0.862. The third kappa shape index (κ3) is 4.37. The van der Waals surface area contributed by atoms with Crippen LogP contribution in [0.15, 0.2) is 36.5 Å². The first-order valence-electron chi connectivity index (χ1n) is 8.87. The minimum absolute atomic E-state index is 0.0208. The third-order valence-corrected chi connectivity index (χ3v) is 4.62. The molecule has 2 N–H and O–H groups in total. The fourth-order valence-electron chi connectivity index (χ4n) is 3.08. The Morgan fingerprint density at radius 3 is 2.72 bits per heavy atom. The number of anilines is 3. The zero-order valence-corrected chi connectivity index (χ0v) is 14.8. The lowest BCUT2D eigenvalue weighted by Crippen LogP contribution is -2.28. The molecule has 25 heavy (non-hydrogen) atoms. The van der Waals surface area contributed by atoms with Gasteiger partial charge in [0.15, 0.2) is 0 Å². The maximum atomic E-state index is 12.2. The van der Waals surface area contributed by atoms with Crippen molar-refractivity contribution in [1.29, 1.82) is 0 Å². The molecule has 0 aliphatic carbocycles. The SMILES string of the molecule is CCc1cccc(C)c1Nc1ccc(NC(=O)C2CCOCC2)nc1. The van der Waals surface area contributed by atoms with E-state index in [-0.39, 0.29) is 11.8 Å². The minimum Gasteiger partial charge on any atom is -0.381 e. The van der Waals surface area contributed by atoms with Crippen molar-refractivity contribution >= 4 is 23.1 Å². The van der Waals surface area contributed by atoms with Crippen molar-refractivity contribution in [2.75, 3.05) is 23.8 Å². The summed E-state index contributed by atoms with van der Waals surface area (Å²) in [6.45, 7) is 5.56. The second kappa shape index (κ2) is 8.12. The predicted molar refractivity (Wildman–Crippen MR) is 100 cm³/mol. The molecule has 5 heteroatoms. The average Bonchev–Trinajstić information content (AvgIpc) is 2.65. The van der Waals surface area contributed by atoms with Gasteiger partial charge in [-0.25, -0.2) is 4.98 Å². The van der Waals surface area contributed by atoms with E-state index in [1.807, 2.05) is 12.1 Å². The van der Waals surface area contributed by atoms with Crippen molar-refractivity contribution in [2.45, 2.75) is 33.1 Å². The van der Waals surface area contributed by atoms with Gasteiger partial charge in [0, 0.05) is 24.8 Å². The number of pyridine rings is 1. The smallest absolute Gasteiger partial charge is 0.228 e. The largest absolute Gasteiger partial charge is 0.381 e. The van der Waals surface area contributed by atoms with E-state index in [4.69, 9.17) is 4.74 Å². The van der Waals surface area contributed by atoms with Crippen molar-refractivity contribution in [2.24, 2.45) is 5.92 Å². The molecule has 0 radical (unpaired) electrons. The molecule has 2 aromatic rings. The number of ether oxygens (including phenoxy) is 1. The maximum absolute atomic E-state index is 12.2. The Morgan fingerprint density at radius 2 is 2.04 bits per heavy atom. The highest BCUT2D eigenvalue weighted by atomic mass is 16.5. The number of benzene rings is 1. The van der Waals surface area contributed by atoms with E-state index in [9.17, 15) is 4.79 Å². The molecule has 0 spiro atoms. The van der Waals surface area contributed by atoms with Gasteiger partial charge in [0.2, 0.25) is 5.91 Å². The minimum atomic E-state index is 0.0208. The summed E-state index contributed by atoms with van der Waals surface area (Å²) in [6.07, 6.45) is 4.28. The molecule has 3 rings (SSSR count). The molecule has 0 atom stereocenters. The number of nitrogens with one attached hydrogen (secondary N) is 2. The van der Waals surface area contributed by atoms with Crippen LogP contribution in [0.2, 0.25) is 0 Å². The number of hydrogen-bond acceptors (Lipinski definition) is 4. The Hall–Kier alpha value is -2.40. The molecule has 5 nitrogen and oxygen atoms in total. The Labute approximate surface area is 148 Å². The van der Waals surface area contributed by atoms with Gasteiger partial charge in [0.05, 0.1) is 11.9 Å². The monoisotopic (exact) mass is 339 g/mol.